The quantitative estimate of drug-likeness (QED) is 0.810. The molecule has 0 spiro atoms. The van der Waals surface area contributed by atoms with Gasteiger partial charge in [-0.2, -0.15) is 0 Å². The largest absolute Gasteiger partial charge is 0.392 e. The van der Waals surface area contributed by atoms with Crippen LogP contribution < -0.4 is 5.32 Å². The lowest BCUT2D eigenvalue weighted by molar-refractivity contribution is 0.139. The maximum Gasteiger partial charge on any atom is 0.317 e. The summed E-state index contributed by atoms with van der Waals surface area (Å²) in [7, 11) is 1.72. The first-order chi connectivity index (χ1) is 8.40. The molecule has 0 aliphatic heterocycles. The Bertz CT molecular complexity index is 259. The van der Waals surface area contributed by atoms with Crippen LogP contribution in [0.2, 0.25) is 0 Å². The van der Waals surface area contributed by atoms with Crippen LogP contribution in [-0.2, 0) is 0 Å². The Hall–Kier alpha value is -0.770. The lowest BCUT2D eigenvalue weighted by atomic mass is 9.80. The van der Waals surface area contributed by atoms with Gasteiger partial charge in [-0.3, -0.25) is 0 Å². The molecule has 1 aliphatic carbocycles. The van der Waals surface area contributed by atoms with Crippen LogP contribution in [-0.4, -0.2) is 41.8 Å². The highest BCUT2D eigenvalue weighted by molar-refractivity contribution is 5.74. The highest BCUT2D eigenvalue weighted by atomic mass is 16.3. The van der Waals surface area contributed by atoms with Crippen molar-refractivity contribution in [3.8, 4) is 0 Å². The summed E-state index contributed by atoms with van der Waals surface area (Å²) in [5, 5.41) is 12.3. The number of rotatable bonds is 4. The van der Waals surface area contributed by atoms with Crippen molar-refractivity contribution in [2.24, 2.45) is 11.8 Å². The van der Waals surface area contributed by atoms with Crippen LogP contribution in [0.4, 0.5) is 4.79 Å². The van der Waals surface area contributed by atoms with Crippen LogP contribution in [0, 0.1) is 11.8 Å². The number of hydrogen-bond donors (Lipinski definition) is 2. The Labute approximate surface area is 111 Å². The highest BCUT2D eigenvalue weighted by Crippen LogP contribution is 2.29. The van der Waals surface area contributed by atoms with Crippen LogP contribution in [0.25, 0.3) is 0 Å². The standard InChI is InChI=1S/C14H28N2O2/c1-10(2)12-5-7-13(8-6-12)15-14(18)16(4)9-11(3)17/h10-13,17H,5-9H2,1-4H3,(H,15,18). The number of carbonyl (C=O) groups is 1. The van der Waals surface area contributed by atoms with Crippen molar-refractivity contribution in [2.45, 2.75) is 58.6 Å². The van der Waals surface area contributed by atoms with Gasteiger partial charge in [0.05, 0.1) is 6.10 Å². The van der Waals surface area contributed by atoms with Gasteiger partial charge in [-0.05, 0) is 44.4 Å². The second kappa shape index (κ2) is 6.98. The van der Waals surface area contributed by atoms with Crippen LogP contribution in [0.5, 0.6) is 0 Å². The summed E-state index contributed by atoms with van der Waals surface area (Å²) in [4.78, 5) is 13.4. The zero-order valence-electron chi connectivity index (χ0n) is 12.1. The van der Waals surface area contributed by atoms with Gasteiger partial charge in [0, 0.05) is 19.6 Å². The number of carbonyl (C=O) groups excluding carboxylic acids is 1. The predicted molar refractivity (Wildman–Crippen MR) is 73.4 cm³/mol. The molecule has 2 amide bonds. The van der Waals surface area contributed by atoms with Crippen LogP contribution in [0.15, 0.2) is 0 Å². The average molecular weight is 256 g/mol. The summed E-state index contributed by atoms with van der Waals surface area (Å²) in [5.41, 5.74) is 0. The van der Waals surface area contributed by atoms with Crippen molar-refractivity contribution in [3.05, 3.63) is 0 Å². The fraction of sp³-hybridized carbons (Fsp3) is 0.929. The molecule has 4 heteroatoms. The molecule has 1 aliphatic rings. The van der Waals surface area contributed by atoms with E-state index in [2.05, 4.69) is 19.2 Å². The molecule has 0 heterocycles. The van der Waals surface area contributed by atoms with Crippen molar-refractivity contribution in [1.29, 1.82) is 0 Å². The number of nitrogens with zero attached hydrogens (tertiary/aromatic N) is 1. The van der Waals surface area contributed by atoms with Gasteiger partial charge < -0.3 is 15.3 Å². The monoisotopic (exact) mass is 256 g/mol. The third-order valence-electron chi connectivity index (χ3n) is 3.93. The zero-order chi connectivity index (χ0) is 13.7. The fourth-order valence-electron chi connectivity index (χ4n) is 2.69. The van der Waals surface area contributed by atoms with E-state index < -0.39 is 6.10 Å². The molecular formula is C14H28N2O2. The lowest BCUT2D eigenvalue weighted by Gasteiger charge is -2.32. The van der Waals surface area contributed by atoms with Gasteiger partial charge in [0.25, 0.3) is 0 Å². The molecule has 4 nitrogen and oxygen atoms in total. The second-order valence-electron chi connectivity index (χ2n) is 6.03. The van der Waals surface area contributed by atoms with E-state index in [0.717, 1.165) is 24.7 Å². The van der Waals surface area contributed by atoms with Crippen molar-refractivity contribution >= 4 is 6.03 Å². The molecule has 0 radical (unpaired) electrons. The van der Waals surface area contributed by atoms with E-state index in [0.29, 0.717) is 12.6 Å². The van der Waals surface area contributed by atoms with E-state index in [4.69, 9.17) is 0 Å². The topological polar surface area (TPSA) is 52.6 Å². The molecule has 1 saturated carbocycles. The highest BCUT2D eigenvalue weighted by Gasteiger charge is 2.25. The van der Waals surface area contributed by atoms with Gasteiger partial charge in [-0.15, -0.1) is 0 Å². The Morgan fingerprint density at radius 3 is 2.28 bits per heavy atom. The average Bonchev–Trinajstić information content (AvgIpc) is 2.28. The summed E-state index contributed by atoms with van der Waals surface area (Å²) in [6.07, 6.45) is 4.11. The summed E-state index contributed by atoms with van der Waals surface area (Å²) < 4.78 is 0. The van der Waals surface area contributed by atoms with Gasteiger partial charge in [0.15, 0.2) is 0 Å². The number of amides is 2. The van der Waals surface area contributed by atoms with Gasteiger partial charge in [-0.1, -0.05) is 13.8 Å². The lowest BCUT2D eigenvalue weighted by Crippen LogP contribution is -2.46. The first-order valence-corrected chi connectivity index (χ1v) is 7.09. The molecular weight excluding hydrogens is 228 g/mol. The molecule has 2 N–H and O–H groups in total. The van der Waals surface area contributed by atoms with E-state index in [9.17, 15) is 9.90 Å². The minimum Gasteiger partial charge on any atom is -0.392 e. The molecule has 1 rings (SSSR count). The van der Waals surface area contributed by atoms with Crippen LogP contribution in [0.1, 0.15) is 46.5 Å². The molecule has 0 bridgehead atoms. The van der Waals surface area contributed by atoms with Crippen molar-refractivity contribution < 1.29 is 9.90 Å². The number of nitrogens with one attached hydrogen (secondary N) is 1. The minimum absolute atomic E-state index is 0.0658. The van der Waals surface area contributed by atoms with E-state index in [-0.39, 0.29) is 6.03 Å². The van der Waals surface area contributed by atoms with Crippen molar-refractivity contribution in [3.63, 3.8) is 0 Å². The maximum absolute atomic E-state index is 11.9. The molecule has 0 aromatic heterocycles. The Kier molecular flexibility index (Phi) is 5.93. The normalized spacial score (nSPS) is 25.9. The number of aliphatic hydroxyl groups is 1. The molecule has 0 aromatic rings. The van der Waals surface area contributed by atoms with Gasteiger partial charge >= 0.3 is 6.03 Å². The Morgan fingerprint density at radius 2 is 1.83 bits per heavy atom. The molecule has 0 aromatic carbocycles. The molecule has 18 heavy (non-hydrogen) atoms. The molecule has 1 fully saturated rings. The van der Waals surface area contributed by atoms with Gasteiger partial charge in [-0.25, -0.2) is 4.79 Å². The molecule has 106 valence electrons. The van der Waals surface area contributed by atoms with Crippen molar-refractivity contribution in [1.82, 2.24) is 10.2 Å². The number of urea groups is 1. The molecule has 1 atom stereocenters. The van der Waals surface area contributed by atoms with E-state index in [1.165, 1.54) is 12.8 Å². The van der Waals surface area contributed by atoms with E-state index in [1.54, 1.807) is 18.9 Å². The number of likely N-dealkylation sites (N-methyl/N-ethyl adjacent to an activating group) is 1. The minimum atomic E-state index is -0.475. The molecule has 1 unspecified atom stereocenters. The van der Waals surface area contributed by atoms with Crippen LogP contribution in [0.3, 0.4) is 0 Å². The second-order valence-corrected chi connectivity index (χ2v) is 6.03. The maximum atomic E-state index is 11.9. The van der Waals surface area contributed by atoms with Gasteiger partial charge in [0.2, 0.25) is 0 Å². The zero-order valence-corrected chi connectivity index (χ0v) is 12.1. The van der Waals surface area contributed by atoms with Crippen molar-refractivity contribution in [2.75, 3.05) is 13.6 Å². The van der Waals surface area contributed by atoms with Crippen LogP contribution >= 0.6 is 0 Å². The molecule has 0 saturated heterocycles. The Balaban J connectivity index is 2.30. The smallest absolute Gasteiger partial charge is 0.317 e. The SMILES string of the molecule is CC(O)CN(C)C(=O)NC1CCC(C(C)C)CC1. The third kappa shape index (κ3) is 4.84. The third-order valence-corrected chi connectivity index (χ3v) is 3.93. The summed E-state index contributed by atoms with van der Waals surface area (Å²) in [6.45, 7) is 6.63. The van der Waals surface area contributed by atoms with E-state index >= 15 is 0 Å². The number of hydrogen-bond acceptors (Lipinski definition) is 2. The number of aliphatic hydroxyl groups excluding tert-OH is 1. The fourth-order valence-corrected chi connectivity index (χ4v) is 2.69. The Morgan fingerprint density at radius 1 is 1.28 bits per heavy atom. The summed E-state index contributed by atoms with van der Waals surface area (Å²) in [6, 6.07) is 0.243. The van der Waals surface area contributed by atoms with Gasteiger partial charge in [0.1, 0.15) is 0 Å². The predicted octanol–water partition coefficient (Wildman–Crippen LogP) is 2.22. The first kappa shape index (κ1) is 15.3. The summed E-state index contributed by atoms with van der Waals surface area (Å²) in [5.74, 6) is 1.56. The summed E-state index contributed by atoms with van der Waals surface area (Å²) >= 11 is 0. The first-order valence-electron chi connectivity index (χ1n) is 7.09. The van der Waals surface area contributed by atoms with E-state index in [1.807, 2.05) is 0 Å².